The highest BCUT2D eigenvalue weighted by atomic mass is 16.5. The molecule has 0 aliphatic carbocycles. The van der Waals surface area contributed by atoms with Gasteiger partial charge < -0.3 is 14.6 Å². The number of hydrogen-bond donors (Lipinski definition) is 1. The van der Waals surface area contributed by atoms with Crippen molar-refractivity contribution < 1.29 is 9.53 Å². The van der Waals surface area contributed by atoms with Gasteiger partial charge in [0, 0.05) is 38.1 Å². The SMILES string of the molecule is COC(=O)C(c1ccc[nH]1)N1CCN(C)CC1. The fourth-order valence-corrected chi connectivity index (χ4v) is 2.18. The number of ether oxygens (including phenoxy) is 1. The second-order valence-electron chi connectivity index (χ2n) is 4.39. The topological polar surface area (TPSA) is 48.6 Å². The smallest absolute Gasteiger partial charge is 0.329 e. The normalized spacial score (nSPS) is 20.1. The molecule has 17 heavy (non-hydrogen) atoms. The molecule has 0 aromatic carbocycles. The molecule has 0 saturated carbocycles. The number of piperazine rings is 1. The zero-order chi connectivity index (χ0) is 12.3. The molecule has 0 spiro atoms. The molecule has 94 valence electrons. The van der Waals surface area contributed by atoms with Crippen LogP contribution >= 0.6 is 0 Å². The summed E-state index contributed by atoms with van der Waals surface area (Å²) in [7, 11) is 3.54. The van der Waals surface area contributed by atoms with Crippen molar-refractivity contribution in [2.75, 3.05) is 40.3 Å². The van der Waals surface area contributed by atoms with E-state index in [9.17, 15) is 4.79 Å². The number of aromatic amines is 1. The van der Waals surface area contributed by atoms with Gasteiger partial charge in [-0.2, -0.15) is 0 Å². The molecule has 1 aromatic rings. The third kappa shape index (κ3) is 2.68. The van der Waals surface area contributed by atoms with Crippen LogP contribution in [-0.4, -0.2) is 61.1 Å². The lowest BCUT2D eigenvalue weighted by molar-refractivity contribution is -0.148. The number of nitrogens with one attached hydrogen (secondary N) is 1. The van der Waals surface area contributed by atoms with Gasteiger partial charge in [-0.25, -0.2) is 4.79 Å². The molecule has 1 aromatic heterocycles. The molecule has 0 amide bonds. The van der Waals surface area contributed by atoms with Gasteiger partial charge in [0.2, 0.25) is 0 Å². The highest BCUT2D eigenvalue weighted by Crippen LogP contribution is 2.21. The Morgan fingerprint density at radius 2 is 2.12 bits per heavy atom. The Bertz CT molecular complexity index is 356. The van der Waals surface area contributed by atoms with Gasteiger partial charge in [-0.3, -0.25) is 4.90 Å². The van der Waals surface area contributed by atoms with Crippen LogP contribution < -0.4 is 0 Å². The number of H-pyrrole nitrogens is 1. The summed E-state index contributed by atoms with van der Waals surface area (Å²) in [5.74, 6) is -0.197. The molecule has 0 radical (unpaired) electrons. The summed E-state index contributed by atoms with van der Waals surface area (Å²) in [6.45, 7) is 3.73. The predicted octanol–water partition coefficient (Wildman–Crippen LogP) is 0.476. The summed E-state index contributed by atoms with van der Waals surface area (Å²) in [6.07, 6.45) is 1.83. The zero-order valence-electron chi connectivity index (χ0n) is 10.3. The highest BCUT2D eigenvalue weighted by molar-refractivity contribution is 5.77. The Balaban J connectivity index is 2.13. The minimum Gasteiger partial charge on any atom is -0.468 e. The molecule has 1 saturated heterocycles. The highest BCUT2D eigenvalue weighted by Gasteiger charge is 2.31. The molecule has 5 nitrogen and oxygen atoms in total. The minimum atomic E-state index is -0.302. The molecule has 2 heterocycles. The number of nitrogens with zero attached hydrogens (tertiary/aromatic N) is 2. The first-order valence-electron chi connectivity index (χ1n) is 5.86. The largest absolute Gasteiger partial charge is 0.468 e. The number of likely N-dealkylation sites (N-methyl/N-ethyl adjacent to an activating group) is 1. The number of hydrogen-bond acceptors (Lipinski definition) is 4. The monoisotopic (exact) mass is 237 g/mol. The maximum atomic E-state index is 11.9. The lowest BCUT2D eigenvalue weighted by Gasteiger charge is -2.36. The van der Waals surface area contributed by atoms with Crippen LogP contribution in [0.4, 0.5) is 0 Å². The number of aromatic nitrogens is 1. The molecule has 2 rings (SSSR count). The molecule has 1 fully saturated rings. The van der Waals surface area contributed by atoms with E-state index in [2.05, 4.69) is 21.8 Å². The molecule has 1 aliphatic heterocycles. The van der Waals surface area contributed by atoms with E-state index in [0.717, 1.165) is 31.9 Å². The average Bonchev–Trinajstić information content (AvgIpc) is 2.85. The Labute approximate surface area is 101 Å². The maximum absolute atomic E-state index is 11.9. The van der Waals surface area contributed by atoms with Gasteiger partial charge in [0.25, 0.3) is 0 Å². The van der Waals surface area contributed by atoms with E-state index >= 15 is 0 Å². The van der Waals surface area contributed by atoms with Crippen LogP contribution in [0.3, 0.4) is 0 Å². The number of esters is 1. The molecular weight excluding hydrogens is 218 g/mol. The maximum Gasteiger partial charge on any atom is 0.329 e. The third-order valence-corrected chi connectivity index (χ3v) is 3.24. The standard InChI is InChI=1S/C12H19N3O2/c1-14-6-8-15(9-7-14)11(12(16)17-2)10-4-3-5-13-10/h3-5,11,13H,6-9H2,1-2H3. The molecular formula is C12H19N3O2. The number of carbonyl (C=O) groups excluding carboxylic acids is 1. The van der Waals surface area contributed by atoms with Crippen LogP contribution in [0.15, 0.2) is 18.3 Å². The van der Waals surface area contributed by atoms with Gasteiger partial charge in [-0.05, 0) is 19.2 Å². The number of carbonyl (C=O) groups is 1. The minimum absolute atomic E-state index is 0.197. The molecule has 1 N–H and O–H groups in total. The molecule has 1 atom stereocenters. The van der Waals surface area contributed by atoms with Crippen molar-refractivity contribution in [2.24, 2.45) is 0 Å². The lowest BCUT2D eigenvalue weighted by Crippen LogP contribution is -2.48. The summed E-state index contributed by atoms with van der Waals surface area (Å²) < 4.78 is 4.90. The quantitative estimate of drug-likeness (QED) is 0.777. The van der Waals surface area contributed by atoms with Crippen LogP contribution in [0.5, 0.6) is 0 Å². The molecule has 5 heteroatoms. The Hall–Kier alpha value is -1.33. The van der Waals surface area contributed by atoms with Crippen LogP contribution in [0.2, 0.25) is 0 Å². The summed E-state index contributed by atoms with van der Waals surface area (Å²) in [6, 6.07) is 3.53. The van der Waals surface area contributed by atoms with Crippen molar-refractivity contribution in [3.8, 4) is 0 Å². The number of rotatable bonds is 3. The zero-order valence-corrected chi connectivity index (χ0v) is 10.3. The Morgan fingerprint density at radius 1 is 1.41 bits per heavy atom. The van der Waals surface area contributed by atoms with E-state index < -0.39 is 0 Å². The van der Waals surface area contributed by atoms with Crippen LogP contribution in [0.25, 0.3) is 0 Å². The van der Waals surface area contributed by atoms with Crippen molar-refractivity contribution in [3.63, 3.8) is 0 Å². The van der Waals surface area contributed by atoms with E-state index in [1.165, 1.54) is 7.11 Å². The second-order valence-corrected chi connectivity index (χ2v) is 4.39. The fourth-order valence-electron chi connectivity index (χ4n) is 2.18. The molecule has 0 bridgehead atoms. The van der Waals surface area contributed by atoms with Crippen LogP contribution in [0, 0.1) is 0 Å². The summed E-state index contributed by atoms with van der Waals surface area (Å²) in [4.78, 5) is 19.4. The van der Waals surface area contributed by atoms with Gasteiger partial charge >= 0.3 is 5.97 Å². The van der Waals surface area contributed by atoms with Crippen molar-refractivity contribution in [1.29, 1.82) is 0 Å². The third-order valence-electron chi connectivity index (χ3n) is 3.24. The van der Waals surface area contributed by atoms with Gasteiger partial charge in [0.05, 0.1) is 7.11 Å². The van der Waals surface area contributed by atoms with Gasteiger partial charge in [0.1, 0.15) is 6.04 Å². The lowest BCUT2D eigenvalue weighted by atomic mass is 10.1. The van der Waals surface area contributed by atoms with Crippen molar-refractivity contribution in [1.82, 2.24) is 14.8 Å². The second kappa shape index (κ2) is 5.33. The molecule has 1 unspecified atom stereocenters. The molecule has 1 aliphatic rings. The van der Waals surface area contributed by atoms with Crippen LogP contribution in [-0.2, 0) is 9.53 Å². The number of methoxy groups -OCH3 is 1. The fraction of sp³-hybridized carbons (Fsp3) is 0.583. The predicted molar refractivity (Wildman–Crippen MR) is 64.6 cm³/mol. The van der Waals surface area contributed by atoms with E-state index in [-0.39, 0.29) is 12.0 Å². The first kappa shape index (κ1) is 12.1. The van der Waals surface area contributed by atoms with E-state index in [1.807, 2.05) is 18.3 Å². The van der Waals surface area contributed by atoms with E-state index in [0.29, 0.717) is 0 Å². The first-order valence-corrected chi connectivity index (χ1v) is 5.86. The van der Waals surface area contributed by atoms with Crippen molar-refractivity contribution in [2.45, 2.75) is 6.04 Å². The summed E-state index contributed by atoms with van der Waals surface area (Å²) >= 11 is 0. The van der Waals surface area contributed by atoms with Crippen molar-refractivity contribution in [3.05, 3.63) is 24.0 Å². The van der Waals surface area contributed by atoms with E-state index in [1.54, 1.807) is 0 Å². The Kier molecular flexibility index (Phi) is 3.81. The Morgan fingerprint density at radius 3 is 2.65 bits per heavy atom. The van der Waals surface area contributed by atoms with Crippen molar-refractivity contribution >= 4 is 5.97 Å². The average molecular weight is 237 g/mol. The van der Waals surface area contributed by atoms with Gasteiger partial charge in [0.15, 0.2) is 0 Å². The van der Waals surface area contributed by atoms with Gasteiger partial charge in [-0.15, -0.1) is 0 Å². The first-order chi connectivity index (χ1) is 8.22. The summed E-state index contributed by atoms with van der Waals surface area (Å²) in [5.41, 5.74) is 0.904. The van der Waals surface area contributed by atoms with Crippen LogP contribution in [0.1, 0.15) is 11.7 Å². The summed E-state index contributed by atoms with van der Waals surface area (Å²) in [5, 5.41) is 0. The van der Waals surface area contributed by atoms with Gasteiger partial charge in [-0.1, -0.05) is 0 Å². The van der Waals surface area contributed by atoms with E-state index in [4.69, 9.17) is 4.74 Å².